The number of hydrogen-bond acceptors (Lipinski definition) is 6. The van der Waals surface area contributed by atoms with Gasteiger partial charge in [0, 0.05) is 41.9 Å². The fraction of sp³-hybridized carbons (Fsp3) is 0.458. The van der Waals surface area contributed by atoms with Crippen molar-refractivity contribution < 1.29 is 4.79 Å². The Labute approximate surface area is 177 Å². The molecule has 1 aliphatic carbocycles. The molecule has 5 rings (SSSR count). The zero-order valence-corrected chi connectivity index (χ0v) is 18.3. The summed E-state index contributed by atoms with van der Waals surface area (Å²) in [6.07, 6.45) is 3.66. The van der Waals surface area contributed by atoms with E-state index >= 15 is 0 Å². The number of allylic oxidation sites excluding steroid dienone is 2. The van der Waals surface area contributed by atoms with E-state index in [0.717, 1.165) is 34.6 Å². The zero-order valence-electron chi connectivity index (χ0n) is 18.3. The number of azo groups is 1. The molecule has 3 heterocycles. The molecule has 3 aliphatic heterocycles. The topological polar surface area (TPSA) is 69.1 Å². The Bertz CT molecular complexity index is 1080. The highest BCUT2D eigenvalue weighted by atomic mass is 16.1. The standard InChI is InChI=1S/C24H29N5O/c1-6-24(16-9-7-8-15(10-16)17-13-29(5)28-14(17)2)18-12-25-27-22(18)26-19-11-23(3,4)21(30)20(19)24/h7-10,13-14,26,28H,6,11-12H2,1-5H3/t14?,24-/m0/s1. The number of nitrogens with zero attached hydrogens (tertiary/aromatic N) is 3. The summed E-state index contributed by atoms with van der Waals surface area (Å²) < 4.78 is 0. The van der Waals surface area contributed by atoms with Crippen LogP contribution in [-0.2, 0) is 10.2 Å². The molecule has 2 N–H and O–H groups in total. The number of benzene rings is 1. The number of dihydropyridines is 1. The van der Waals surface area contributed by atoms with Crippen molar-refractivity contribution in [2.75, 3.05) is 13.6 Å². The molecular formula is C24H29N5O. The number of hydrogen-bond donors (Lipinski definition) is 2. The molecule has 0 radical (unpaired) electrons. The molecule has 0 saturated carbocycles. The van der Waals surface area contributed by atoms with Crippen LogP contribution in [-0.4, -0.2) is 30.4 Å². The van der Waals surface area contributed by atoms with Crippen LogP contribution in [0.2, 0.25) is 0 Å². The SMILES string of the molecule is CC[C@]1(c2cccc(C3=CN(C)NC3C)c2)C2=C(N=NC2)NC2=C1C(=O)C(C)(C)C2. The second-order valence-electron chi connectivity index (χ2n) is 9.48. The van der Waals surface area contributed by atoms with Gasteiger partial charge in [-0.25, -0.2) is 5.43 Å². The summed E-state index contributed by atoms with van der Waals surface area (Å²) in [5.41, 5.74) is 9.18. The second-order valence-corrected chi connectivity index (χ2v) is 9.48. The molecule has 30 heavy (non-hydrogen) atoms. The first kappa shape index (κ1) is 19.2. The van der Waals surface area contributed by atoms with Crippen LogP contribution >= 0.6 is 0 Å². The maximum Gasteiger partial charge on any atom is 0.167 e. The van der Waals surface area contributed by atoms with Crippen LogP contribution in [0.5, 0.6) is 0 Å². The van der Waals surface area contributed by atoms with E-state index in [2.05, 4.69) is 65.3 Å². The van der Waals surface area contributed by atoms with Crippen LogP contribution < -0.4 is 10.7 Å². The van der Waals surface area contributed by atoms with Gasteiger partial charge in [0.1, 0.15) is 0 Å². The molecular weight excluding hydrogens is 374 g/mol. The van der Waals surface area contributed by atoms with Crippen molar-refractivity contribution >= 4 is 11.4 Å². The van der Waals surface area contributed by atoms with E-state index < -0.39 is 10.8 Å². The molecule has 1 unspecified atom stereocenters. The lowest BCUT2D eigenvalue weighted by Gasteiger charge is -2.40. The first-order valence-corrected chi connectivity index (χ1v) is 10.8. The summed E-state index contributed by atoms with van der Waals surface area (Å²) in [6, 6.07) is 8.95. The predicted molar refractivity (Wildman–Crippen MR) is 117 cm³/mol. The second kappa shape index (κ2) is 6.38. The Morgan fingerprint density at radius 3 is 2.80 bits per heavy atom. The van der Waals surface area contributed by atoms with Gasteiger partial charge in [-0.3, -0.25) is 4.79 Å². The van der Waals surface area contributed by atoms with E-state index in [0.29, 0.717) is 13.0 Å². The van der Waals surface area contributed by atoms with E-state index in [9.17, 15) is 4.79 Å². The summed E-state index contributed by atoms with van der Waals surface area (Å²) in [4.78, 5) is 13.6. The lowest BCUT2D eigenvalue weighted by Crippen LogP contribution is -2.41. The number of Topliss-reactive ketones (excluding diaryl/α,β-unsaturated/α-hetero) is 1. The van der Waals surface area contributed by atoms with Gasteiger partial charge >= 0.3 is 0 Å². The van der Waals surface area contributed by atoms with Crippen molar-refractivity contribution in [2.24, 2.45) is 15.6 Å². The molecule has 0 bridgehead atoms. The molecule has 0 aromatic heterocycles. The van der Waals surface area contributed by atoms with Crippen LogP contribution in [0.25, 0.3) is 5.57 Å². The predicted octanol–water partition coefficient (Wildman–Crippen LogP) is 4.05. The molecule has 6 heteroatoms. The quantitative estimate of drug-likeness (QED) is 0.799. The minimum Gasteiger partial charge on any atom is -0.342 e. The van der Waals surface area contributed by atoms with E-state index in [1.165, 1.54) is 11.1 Å². The van der Waals surface area contributed by atoms with Crippen LogP contribution in [0.3, 0.4) is 0 Å². The summed E-state index contributed by atoms with van der Waals surface area (Å²) in [5, 5.41) is 14.2. The van der Waals surface area contributed by atoms with Crippen molar-refractivity contribution in [1.29, 1.82) is 0 Å². The number of ketones is 1. The van der Waals surface area contributed by atoms with Gasteiger partial charge in [-0.15, -0.1) is 5.11 Å². The van der Waals surface area contributed by atoms with Crippen molar-refractivity contribution in [2.45, 2.75) is 52.0 Å². The molecule has 6 nitrogen and oxygen atoms in total. The van der Waals surface area contributed by atoms with Gasteiger partial charge in [0.15, 0.2) is 11.6 Å². The highest BCUT2D eigenvalue weighted by Gasteiger charge is 2.54. The zero-order chi connectivity index (χ0) is 21.3. The minimum atomic E-state index is -0.484. The third kappa shape index (κ3) is 2.49. The first-order chi connectivity index (χ1) is 14.3. The number of carbonyl (C=O) groups is 1. The normalized spacial score (nSPS) is 29.4. The molecule has 0 saturated heterocycles. The summed E-state index contributed by atoms with van der Waals surface area (Å²) in [5.74, 6) is 1.08. The molecule has 0 spiro atoms. The molecule has 1 aromatic rings. The fourth-order valence-corrected chi connectivity index (χ4v) is 5.62. The van der Waals surface area contributed by atoms with Crippen molar-refractivity contribution in [3.05, 3.63) is 64.3 Å². The lowest BCUT2D eigenvalue weighted by atomic mass is 9.63. The summed E-state index contributed by atoms with van der Waals surface area (Å²) in [7, 11) is 2.02. The Morgan fingerprint density at radius 2 is 2.10 bits per heavy atom. The van der Waals surface area contributed by atoms with Gasteiger partial charge in [-0.2, -0.15) is 5.11 Å². The average molecular weight is 404 g/mol. The summed E-state index contributed by atoms with van der Waals surface area (Å²) in [6.45, 7) is 8.98. The van der Waals surface area contributed by atoms with Crippen molar-refractivity contribution in [3.63, 3.8) is 0 Å². The van der Waals surface area contributed by atoms with Gasteiger partial charge in [0.2, 0.25) is 0 Å². The highest BCUT2D eigenvalue weighted by molar-refractivity contribution is 6.06. The number of nitrogens with one attached hydrogen (secondary N) is 2. The van der Waals surface area contributed by atoms with Gasteiger partial charge in [0.05, 0.1) is 18.0 Å². The smallest absolute Gasteiger partial charge is 0.167 e. The fourth-order valence-electron chi connectivity index (χ4n) is 5.62. The molecule has 0 amide bonds. The van der Waals surface area contributed by atoms with E-state index in [-0.39, 0.29) is 11.8 Å². The number of carbonyl (C=O) groups excluding carboxylic acids is 1. The van der Waals surface area contributed by atoms with Gasteiger partial charge < -0.3 is 10.3 Å². The van der Waals surface area contributed by atoms with Crippen molar-refractivity contribution in [1.82, 2.24) is 15.8 Å². The van der Waals surface area contributed by atoms with Crippen LogP contribution in [0.1, 0.15) is 51.7 Å². The number of hydrazine groups is 1. The number of rotatable bonds is 3. The molecule has 1 aromatic carbocycles. The van der Waals surface area contributed by atoms with Crippen LogP contribution in [0.15, 0.2) is 63.4 Å². The maximum atomic E-state index is 13.6. The molecule has 0 fully saturated rings. The Hall–Kier alpha value is -2.73. The van der Waals surface area contributed by atoms with Crippen molar-refractivity contribution in [3.8, 4) is 0 Å². The van der Waals surface area contributed by atoms with E-state index in [1.807, 2.05) is 25.9 Å². The molecule has 4 aliphatic rings. The third-order valence-electron chi connectivity index (χ3n) is 7.07. The third-order valence-corrected chi connectivity index (χ3v) is 7.07. The van der Waals surface area contributed by atoms with Gasteiger partial charge in [0.25, 0.3) is 0 Å². The minimum absolute atomic E-state index is 0.240. The largest absolute Gasteiger partial charge is 0.342 e. The maximum absolute atomic E-state index is 13.6. The highest BCUT2D eigenvalue weighted by Crippen LogP contribution is 2.55. The van der Waals surface area contributed by atoms with Crippen LogP contribution in [0, 0.1) is 5.41 Å². The first-order valence-electron chi connectivity index (χ1n) is 10.8. The Morgan fingerprint density at radius 1 is 1.30 bits per heavy atom. The van der Waals surface area contributed by atoms with E-state index in [1.54, 1.807) is 0 Å². The lowest BCUT2D eigenvalue weighted by molar-refractivity contribution is -0.122. The Balaban J connectivity index is 1.71. The van der Waals surface area contributed by atoms with Gasteiger partial charge in [-0.05, 0) is 30.0 Å². The van der Waals surface area contributed by atoms with Gasteiger partial charge in [-0.1, -0.05) is 45.0 Å². The van der Waals surface area contributed by atoms with E-state index in [4.69, 9.17) is 0 Å². The molecule has 2 atom stereocenters. The van der Waals surface area contributed by atoms with Crippen LogP contribution in [0.4, 0.5) is 0 Å². The average Bonchev–Trinajstić information content (AvgIpc) is 3.37. The summed E-state index contributed by atoms with van der Waals surface area (Å²) >= 11 is 0. The Kier molecular flexibility index (Phi) is 4.09. The molecule has 156 valence electrons. The monoisotopic (exact) mass is 403 g/mol.